The van der Waals surface area contributed by atoms with Gasteiger partial charge in [0.1, 0.15) is 0 Å². The molecule has 0 aliphatic carbocycles. The van der Waals surface area contributed by atoms with Crippen LogP contribution in [0.25, 0.3) is 0 Å². The normalized spacial score (nSPS) is 13.5. The van der Waals surface area contributed by atoms with Gasteiger partial charge in [0.15, 0.2) is 0 Å². The zero-order valence-electron chi connectivity index (χ0n) is 14.0. The molecule has 2 unspecified atom stereocenters. The third kappa shape index (κ3) is 4.56. The van der Waals surface area contributed by atoms with Gasteiger partial charge in [0.25, 0.3) is 0 Å². The van der Waals surface area contributed by atoms with E-state index in [0.29, 0.717) is 11.4 Å². The molecule has 1 heterocycles. The van der Waals surface area contributed by atoms with Gasteiger partial charge in [-0.25, -0.2) is 5.48 Å². The Bertz CT molecular complexity index is 665. The first-order valence-electron chi connectivity index (χ1n) is 7.65. The Kier molecular flexibility index (Phi) is 6.36. The lowest BCUT2D eigenvalue weighted by atomic mass is 9.89. The minimum absolute atomic E-state index is 0.0425. The number of amides is 1. The summed E-state index contributed by atoms with van der Waals surface area (Å²) in [5.41, 5.74) is 4.60. The number of rotatable bonds is 7. The first kappa shape index (κ1) is 18.4. The summed E-state index contributed by atoms with van der Waals surface area (Å²) >= 11 is 5.95. The summed E-state index contributed by atoms with van der Waals surface area (Å²) in [5.74, 6) is -0.621. The zero-order valence-corrected chi connectivity index (χ0v) is 14.7. The number of carbonyl (C=O) groups excluding carboxylic acids is 1. The number of hydrogen-bond donors (Lipinski definition) is 2. The van der Waals surface area contributed by atoms with Crippen LogP contribution in [0.1, 0.15) is 29.3 Å². The molecule has 0 aliphatic heterocycles. The monoisotopic (exact) mass is 351 g/mol. The highest BCUT2D eigenvalue weighted by atomic mass is 35.5. The molecule has 24 heavy (non-hydrogen) atoms. The van der Waals surface area contributed by atoms with Crippen LogP contribution < -0.4 is 5.48 Å². The number of aromatic nitrogens is 2. The van der Waals surface area contributed by atoms with E-state index in [1.54, 1.807) is 17.3 Å². The average molecular weight is 352 g/mol. The van der Waals surface area contributed by atoms with Crippen molar-refractivity contribution >= 4 is 17.5 Å². The summed E-state index contributed by atoms with van der Waals surface area (Å²) in [6.45, 7) is 1.97. The van der Waals surface area contributed by atoms with Crippen molar-refractivity contribution in [3.8, 4) is 0 Å². The third-order valence-electron chi connectivity index (χ3n) is 4.14. The standard InChI is InChI=1S/C17H22ClN3O3/c1-11-8-15(19-21(11)2)14(16(24-3)10-17(22)20-23)9-12-4-6-13(18)7-5-12/h4-8,14,16,23H,9-10H2,1-3H3,(H,20,22). The second kappa shape index (κ2) is 8.28. The molecule has 2 aromatic rings. The van der Waals surface area contributed by atoms with Gasteiger partial charge < -0.3 is 4.74 Å². The molecule has 7 heteroatoms. The van der Waals surface area contributed by atoms with Crippen LogP contribution >= 0.6 is 11.6 Å². The number of hydrogen-bond acceptors (Lipinski definition) is 4. The number of aryl methyl sites for hydroxylation is 2. The number of methoxy groups -OCH3 is 1. The fourth-order valence-electron chi connectivity index (χ4n) is 2.69. The fraction of sp³-hybridized carbons (Fsp3) is 0.412. The lowest BCUT2D eigenvalue weighted by molar-refractivity contribution is -0.132. The Labute approximate surface area is 146 Å². The number of ether oxygens (including phenoxy) is 1. The Morgan fingerprint density at radius 3 is 2.58 bits per heavy atom. The van der Waals surface area contributed by atoms with Crippen LogP contribution in [0.3, 0.4) is 0 Å². The predicted octanol–water partition coefficient (Wildman–Crippen LogP) is 2.62. The van der Waals surface area contributed by atoms with Gasteiger partial charge in [0, 0.05) is 30.8 Å². The van der Waals surface area contributed by atoms with E-state index in [1.165, 1.54) is 0 Å². The van der Waals surface area contributed by atoms with Crippen molar-refractivity contribution in [1.29, 1.82) is 0 Å². The van der Waals surface area contributed by atoms with Gasteiger partial charge >= 0.3 is 0 Å². The van der Waals surface area contributed by atoms with Crippen LogP contribution in [0.4, 0.5) is 0 Å². The van der Waals surface area contributed by atoms with Gasteiger partial charge in [0.05, 0.1) is 18.2 Å². The van der Waals surface area contributed by atoms with Gasteiger partial charge in [-0.2, -0.15) is 5.10 Å². The number of nitrogens with zero attached hydrogens (tertiary/aromatic N) is 2. The Hall–Kier alpha value is -1.89. The molecular weight excluding hydrogens is 330 g/mol. The molecule has 0 saturated heterocycles. The summed E-state index contributed by atoms with van der Waals surface area (Å²) in [5, 5.41) is 14.0. The van der Waals surface area contributed by atoms with Crippen LogP contribution in [0.5, 0.6) is 0 Å². The molecule has 6 nitrogen and oxygen atoms in total. The highest BCUT2D eigenvalue weighted by Crippen LogP contribution is 2.28. The molecule has 130 valence electrons. The van der Waals surface area contributed by atoms with Gasteiger partial charge in [-0.1, -0.05) is 23.7 Å². The summed E-state index contributed by atoms with van der Waals surface area (Å²) in [6.07, 6.45) is 0.272. The highest BCUT2D eigenvalue weighted by Gasteiger charge is 2.28. The summed E-state index contributed by atoms with van der Waals surface area (Å²) in [6, 6.07) is 9.55. The molecule has 0 saturated carbocycles. The molecule has 1 aromatic carbocycles. The molecule has 0 spiro atoms. The Morgan fingerprint density at radius 2 is 2.08 bits per heavy atom. The SMILES string of the molecule is COC(CC(=O)NO)C(Cc1ccc(Cl)cc1)c1cc(C)n(C)n1. The van der Waals surface area contributed by atoms with Gasteiger partial charge in [-0.05, 0) is 37.1 Å². The van der Waals surface area contributed by atoms with E-state index >= 15 is 0 Å². The molecule has 0 fully saturated rings. The largest absolute Gasteiger partial charge is 0.380 e. The predicted molar refractivity (Wildman–Crippen MR) is 91.2 cm³/mol. The second-order valence-electron chi connectivity index (χ2n) is 5.78. The highest BCUT2D eigenvalue weighted by molar-refractivity contribution is 6.30. The van der Waals surface area contributed by atoms with Gasteiger partial charge in [-0.3, -0.25) is 14.7 Å². The minimum Gasteiger partial charge on any atom is -0.380 e. The van der Waals surface area contributed by atoms with Crippen molar-refractivity contribution in [1.82, 2.24) is 15.3 Å². The molecule has 2 N–H and O–H groups in total. The van der Waals surface area contributed by atoms with E-state index in [1.807, 2.05) is 44.3 Å². The number of nitrogens with one attached hydrogen (secondary N) is 1. The molecule has 1 amide bonds. The van der Waals surface area contributed by atoms with Crippen LogP contribution in [-0.4, -0.2) is 34.1 Å². The van der Waals surface area contributed by atoms with Crippen molar-refractivity contribution in [2.75, 3.05) is 7.11 Å². The van der Waals surface area contributed by atoms with Crippen LogP contribution in [0.15, 0.2) is 30.3 Å². The van der Waals surface area contributed by atoms with Crippen molar-refractivity contribution in [2.45, 2.75) is 31.8 Å². The molecule has 1 aromatic heterocycles. The number of hydroxylamine groups is 1. The molecule has 0 aliphatic rings. The van der Waals surface area contributed by atoms with Crippen LogP contribution in [0.2, 0.25) is 5.02 Å². The van der Waals surface area contributed by atoms with Crippen molar-refractivity contribution in [3.63, 3.8) is 0 Å². The Balaban J connectivity index is 2.32. The van der Waals surface area contributed by atoms with Crippen molar-refractivity contribution < 1.29 is 14.7 Å². The second-order valence-corrected chi connectivity index (χ2v) is 6.22. The van der Waals surface area contributed by atoms with E-state index in [0.717, 1.165) is 17.0 Å². The first-order chi connectivity index (χ1) is 11.4. The summed E-state index contributed by atoms with van der Waals surface area (Å²) < 4.78 is 7.33. The van der Waals surface area contributed by atoms with Crippen LogP contribution in [-0.2, 0) is 23.0 Å². The number of carbonyl (C=O) groups is 1. The summed E-state index contributed by atoms with van der Waals surface area (Å²) in [7, 11) is 3.43. The molecule has 0 radical (unpaired) electrons. The minimum atomic E-state index is -0.490. The number of benzene rings is 1. The number of halogens is 1. The summed E-state index contributed by atoms with van der Waals surface area (Å²) in [4.78, 5) is 11.6. The Morgan fingerprint density at radius 1 is 1.42 bits per heavy atom. The zero-order chi connectivity index (χ0) is 17.7. The fourth-order valence-corrected chi connectivity index (χ4v) is 2.81. The first-order valence-corrected chi connectivity index (χ1v) is 8.03. The quantitative estimate of drug-likeness (QED) is 0.594. The lowest BCUT2D eigenvalue weighted by Gasteiger charge is -2.24. The van der Waals surface area contributed by atoms with E-state index in [-0.39, 0.29) is 12.3 Å². The van der Waals surface area contributed by atoms with E-state index < -0.39 is 12.0 Å². The van der Waals surface area contributed by atoms with Crippen molar-refractivity contribution in [2.24, 2.45) is 7.05 Å². The molecule has 2 atom stereocenters. The average Bonchev–Trinajstić information content (AvgIpc) is 2.91. The topological polar surface area (TPSA) is 76.4 Å². The van der Waals surface area contributed by atoms with Crippen LogP contribution in [0, 0.1) is 6.92 Å². The maximum atomic E-state index is 11.6. The third-order valence-corrected chi connectivity index (χ3v) is 4.40. The molecule has 2 rings (SSSR count). The molecule has 0 bridgehead atoms. The van der Waals surface area contributed by atoms with E-state index in [9.17, 15) is 4.79 Å². The van der Waals surface area contributed by atoms with Gasteiger partial charge in [0.2, 0.25) is 5.91 Å². The maximum Gasteiger partial charge on any atom is 0.245 e. The maximum absolute atomic E-state index is 11.6. The smallest absolute Gasteiger partial charge is 0.245 e. The van der Waals surface area contributed by atoms with Crippen molar-refractivity contribution in [3.05, 3.63) is 52.3 Å². The van der Waals surface area contributed by atoms with Gasteiger partial charge in [-0.15, -0.1) is 0 Å². The van der Waals surface area contributed by atoms with E-state index in [2.05, 4.69) is 5.10 Å². The molecular formula is C17H22ClN3O3. The lowest BCUT2D eigenvalue weighted by Crippen LogP contribution is -2.31. The van der Waals surface area contributed by atoms with E-state index in [4.69, 9.17) is 21.5 Å².